The Morgan fingerprint density at radius 2 is 2.00 bits per heavy atom. The van der Waals surface area contributed by atoms with Crippen molar-refractivity contribution in [1.29, 1.82) is 0 Å². The SMILES string of the molecule is Cc1ccc(CN)cc1S(=O)(=O)N1CCCC2CCCC21. The van der Waals surface area contributed by atoms with Crippen LogP contribution in [0.4, 0.5) is 0 Å². The van der Waals surface area contributed by atoms with Crippen molar-refractivity contribution in [3.8, 4) is 0 Å². The van der Waals surface area contributed by atoms with Crippen molar-refractivity contribution in [3.05, 3.63) is 29.3 Å². The normalized spacial score (nSPS) is 26.8. The molecule has 5 heteroatoms. The number of nitrogens with zero attached hydrogens (tertiary/aromatic N) is 1. The van der Waals surface area contributed by atoms with E-state index in [0.29, 0.717) is 23.9 Å². The van der Waals surface area contributed by atoms with E-state index in [-0.39, 0.29) is 6.04 Å². The highest BCUT2D eigenvalue weighted by molar-refractivity contribution is 7.89. The average Bonchev–Trinajstić information content (AvgIpc) is 2.95. The molecule has 4 nitrogen and oxygen atoms in total. The molecule has 2 N–H and O–H groups in total. The molecule has 0 amide bonds. The first-order chi connectivity index (χ1) is 10.0. The van der Waals surface area contributed by atoms with Crippen molar-refractivity contribution in [2.45, 2.75) is 56.5 Å². The van der Waals surface area contributed by atoms with E-state index in [1.54, 1.807) is 10.4 Å². The molecule has 0 spiro atoms. The van der Waals surface area contributed by atoms with E-state index in [4.69, 9.17) is 5.73 Å². The zero-order valence-electron chi connectivity index (χ0n) is 12.6. The lowest BCUT2D eigenvalue weighted by Crippen LogP contribution is -2.46. The highest BCUT2D eigenvalue weighted by atomic mass is 32.2. The first kappa shape index (κ1) is 15.0. The molecule has 2 fully saturated rings. The van der Waals surface area contributed by atoms with Gasteiger partial charge in [-0.3, -0.25) is 0 Å². The van der Waals surface area contributed by atoms with Gasteiger partial charge >= 0.3 is 0 Å². The van der Waals surface area contributed by atoms with Crippen LogP contribution < -0.4 is 5.73 Å². The fraction of sp³-hybridized carbons (Fsp3) is 0.625. The summed E-state index contributed by atoms with van der Waals surface area (Å²) in [6.45, 7) is 2.90. The molecule has 1 saturated heterocycles. The molecular weight excluding hydrogens is 284 g/mol. The van der Waals surface area contributed by atoms with Crippen molar-refractivity contribution >= 4 is 10.0 Å². The molecule has 21 heavy (non-hydrogen) atoms. The highest BCUT2D eigenvalue weighted by Gasteiger charge is 2.41. The van der Waals surface area contributed by atoms with Crippen LogP contribution in [0.5, 0.6) is 0 Å². The van der Waals surface area contributed by atoms with Gasteiger partial charge in [-0.15, -0.1) is 0 Å². The monoisotopic (exact) mass is 308 g/mol. The largest absolute Gasteiger partial charge is 0.326 e. The van der Waals surface area contributed by atoms with Gasteiger partial charge in [-0.2, -0.15) is 4.31 Å². The van der Waals surface area contributed by atoms with Crippen LogP contribution in [-0.2, 0) is 16.6 Å². The predicted molar refractivity (Wildman–Crippen MR) is 83.3 cm³/mol. The Kier molecular flexibility index (Phi) is 4.08. The van der Waals surface area contributed by atoms with Crippen LogP contribution in [0.1, 0.15) is 43.2 Å². The fourth-order valence-corrected chi connectivity index (χ4v) is 5.91. The maximum Gasteiger partial charge on any atom is 0.243 e. The molecule has 1 heterocycles. The number of aryl methyl sites for hydroxylation is 1. The molecule has 0 aromatic heterocycles. The first-order valence-electron chi connectivity index (χ1n) is 7.85. The summed E-state index contributed by atoms with van der Waals surface area (Å²) in [7, 11) is -3.40. The molecule has 2 aliphatic rings. The van der Waals surface area contributed by atoms with Gasteiger partial charge in [0.15, 0.2) is 0 Å². The van der Waals surface area contributed by atoms with Gasteiger partial charge in [0.25, 0.3) is 0 Å². The molecule has 1 aliphatic heterocycles. The summed E-state index contributed by atoms with van der Waals surface area (Å²) < 4.78 is 28.0. The molecule has 1 aromatic carbocycles. The van der Waals surface area contributed by atoms with Gasteiger partial charge in [-0.05, 0) is 55.7 Å². The zero-order valence-corrected chi connectivity index (χ0v) is 13.4. The van der Waals surface area contributed by atoms with Crippen molar-refractivity contribution in [2.24, 2.45) is 11.7 Å². The quantitative estimate of drug-likeness (QED) is 0.932. The maximum absolute atomic E-state index is 13.1. The van der Waals surface area contributed by atoms with E-state index in [9.17, 15) is 8.42 Å². The number of nitrogens with two attached hydrogens (primary N) is 1. The van der Waals surface area contributed by atoms with Crippen molar-refractivity contribution in [2.75, 3.05) is 6.54 Å². The van der Waals surface area contributed by atoms with Gasteiger partial charge in [-0.25, -0.2) is 8.42 Å². The highest BCUT2D eigenvalue weighted by Crippen LogP contribution is 2.39. The third-order valence-corrected chi connectivity index (χ3v) is 7.08. The molecule has 1 aliphatic carbocycles. The lowest BCUT2D eigenvalue weighted by Gasteiger charge is -2.37. The summed E-state index contributed by atoms with van der Waals surface area (Å²) in [6, 6.07) is 5.74. The molecule has 2 unspecified atom stereocenters. The van der Waals surface area contributed by atoms with Crippen LogP contribution in [0.15, 0.2) is 23.1 Å². The van der Waals surface area contributed by atoms with Gasteiger partial charge in [0.05, 0.1) is 4.90 Å². The number of hydrogen-bond donors (Lipinski definition) is 1. The first-order valence-corrected chi connectivity index (χ1v) is 9.29. The summed E-state index contributed by atoms with van der Waals surface area (Å²) in [6.07, 6.45) is 5.51. The molecular formula is C16H24N2O2S. The van der Waals surface area contributed by atoms with E-state index in [0.717, 1.165) is 30.4 Å². The molecule has 0 radical (unpaired) electrons. The lowest BCUT2D eigenvalue weighted by atomic mass is 9.94. The van der Waals surface area contributed by atoms with Crippen LogP contribution in [0.2, 0.25) is 0 Å². The van der Waals surface area contributed by atoms with E-state index < -0.39 is 10.0 Å². The number of benzene rings is 1. The van der Waals surface area contributed by atoms with E-state index >= 15 is 0 Å². The summed E-state index contributed by atoms with van der Waals surface area (Å²) in [5.41, 5.74) is 7.35. The maximum atomic E-state index is 13.1. The summed E-state index contributed by atoms with van der Waals surface area (Å²) >= 11 is 0. The van der Waals surface area contributed by atoms with Crippen molar-refractivity contribution < 1.29 is 8.42 Å². The lowest BCUT2D eigenvalue weighted by molar-refractivity contribution is 0.202. The van der Waals surface area contributed by atoms with Crippen molar-refractivity contribution in [3.63, 3.8) is 0 Å². The zero-order chi connectivity index (χ0) is 15.0. The smallest absolute Gasteiger partial charge is 0.243 e. The number of sulfonamides is 1. The van der Waals surface area contributed by atoms with E-state index in [1.807, 2.05) is 19.1 Å². The minimum absolute atomic E-state index is 0.213. The van der Waals surface area contributed by atoms with Crippen LogP contribution >= 0.6 is 0 Å². The second-order valence-electron chi connectivity index (χ2n) is 6.32. The predicted octanol–water partition coefficient (Wildman–Crippen LogP) is 2.41. The Morgan fingerprint density at radius 3 is 2.76 bits per heavy atom. The van der Waals surface area contributed by atoms with Gasteiger partial charge in [0.1, 0.15) is 0 Å². The number of fused-ring (bicyclic) bond motifs is 1. The van der Waals surface area contributed by atoms with Crippen LogP contribution in [-0.4, -0.2) is 25.3 Å². The Morgan fingerprint density at radius 1 is 1.24 bits per heavy atom. The third-order valence-electron chi connectivity index (χ3n) is 5.02. The second kappa shape index (κ2) is 5.71. The minimum atomic E-state index is -3.40. The summed E-state index contributed by atoms with van der Waals surface area (Å²) in [4.78, 5) is 0.443. The minimum Gasteiger partial charge on any atom is -0.326 e. The summed E-state index contributed by atoms with van der Waals surface area (Å²) in [5.74, 6) is 0.562. The number of piperidine rings is 1. The van der Waals surface area contributed by atoms with Gasteiger partial charge in [-0.1, -0.05) is 18.6 Å². The number of hydrogen-bond acceptors (Lipinski definition) is 3. The van der Waals surface area contributed by atoms with E-state index in [1.165, 1.54) is 12.8 Å². The van der Waals surface area contributed by atoms with Crippen LogP contribution in [0.3, 0.4) is 0 Å². The van der Waals surface area contributed by atoms with Gasteiger partial charge < -0.3 is 5.73 Å². The fourth-order valence-electron chi connectivity index (χ4n) is 3.88. The topological polar surface area (TPSA) is 63.4 Å². The summed E-state index contributed by atoms with van der Waals surface area (Å²) in [5, 5.41) is 0. The standard InChI is InChI=1S/C16H24N2O2S/c1-12-7-8-13(11-17)10-16(12)21(19,20)18-9-3-5-14-4-2-6-15(14)18/h7-8,10,14-15H,2-6,9,11,17H2,1H3. The molecule has 1 aromatic rings. The molecule has 3 rings (SSSR count). The van der Waals surface area contributed by atoms with Crippen LogP contribution in [0, 0.1) is 12.8 Å². The van der Waals surface area contributed by atoms with E-state index in [2.05, 4.69) is 0 Å². The third kappa shape index (κ3) is 2.62. The Bertz CT molecular complexity index is 627. The molecule has 2 atom stereocenters. The van der Waals surface area contributed by atoms with Crippen molar-refractivity contribution in [1.82, 2.24) is 4.31 Å². The molecule has 116 valence electrons. The Balaban J connectivity index is 2.00. The molecule has 1 saturated carbocycles. The second-order valence-corrected chi connectivity index (χ2v) is 8.18. The van der Waals surface area contributed by atoms with Crippen LogP contribution in [0.25, 0.3) is 0 Å². The van der Waals surface area contributed by atoms with Gasteiger partial charge in [0, 0.05) is 19.1 Å². The Hall–Kier alpha value is -0.910. The molecule has 0 bridgehead atoms. The Labute approximate surface area is 127 Å². The van der Waals surface area contributed by atoms with Gasteiger partial charge in [0.2, 0.25) is 10.0 Å². The number of rotatable bonds is 3. The average molecular weight is 308 g/mol.